The number of methoxy groups -OCH3 is 1. The van der Waals surface area contributed by atoms with Gasteiger partial charge in [0.1, 0.15) is 0 Å². The molecule has 1 aliphatic rings. The van der Waals surface area contributed by atoms with Gasteiger partial charge >= 0.3 is 0 Å². The van der Waals surface area contributed by atoms with Gasteiger partial charge in [-0.25, -0.2) is 0 Å². The van der Waals surface area contributed by atoms with E-state index in [9.17, 15) is 4.79 Å². The van der Waals surface area contributed by atoms with Crippen LogP contribution in [0.2, 0.25) is 0 Å². The van der Waals surface area contributed by atoms with Gasteiger partial charge in [-0.3, -0.25) is 4.79 Å². The van der Waals surface area contributed by atoms with E-state index < -0.39 is 0 Å². The number of carbonyl (C=O) groups excluding carboxylic acids is 1. The zero-order valence-electron chi connectivity index (χ0n) is 18.8. The Kier molecular flexibility index (Phi) is 10.3. The standard InChI is InChI=1S/C24H40N2O3/c1-5-18(6-2)17-29-22-13-12-19(14-23(22)28-4)16-26-21(15-24(27)25-3)20-10-8-7-9-11-20/h12-14,18,20-21,26H,5-11,15-17H2,1-4H3,(H,25,27)/t21-/m0/s1. The number of hydrogen-bond donors (Lipinski definition) is 2. The largest absolute Gasteiger partial charge is 0.493 e. The van der Waals surface area contributed by atoms with Crippen molar-refractivity contribution in [2.24, 2.45) is 11.8 Å². The average Bonchev–Trinajstić information content (AvgIpc) is 2.78. The summed E-state index contributed by atoms with van der Waals surface area (Å²) in [5.74, 6) is 2.83. The van der Waals surface area contributed by atoms with Gasteiger partial charge in [0.15, 0.2) is 11.5 Å². The fourth-order valence-electron chi connectivity index (χ4n) is 4.17. The third-order valence-corrected chi connectivity index (χ3v) is 6.33. The van der Waals surface area contributed by atoms with Gasteiger partial charge in [-0.1, -0.05) is 52.0 Å². The summed E-state index contributed by atoms with van der Waals surface area (Å²) in [5.41, 5.74) is 1.15. The van der Waals surface area contributed by atoms with Crippen LogP contribution in [0, 0.1) is 11.8 Å². The van der Waals surface area contributed by atoms with Crippen LogP contribution in [0.3, 0.4) is 0 Å². The van der Waals surface area contributed by atoms with E-state index in [1.807, 2.05) is 12.1 Å². The van der Waals surface area contributed by atoms with E-state index >= 15 is 0 Å². The first-order valence-corrected chi connectivity index (χ1v) is 11.3. The van der Waals surface area contributed by atoms with Crippen molar-refractivity contribution in [3.8, 4) is 11.5 Å². The second-order valence-electron chi connectivity index (χ2n) is 8.24. The molecule has 2 N–H and O–H groups in total. The molecule has 0 bridgehead atoms. The first-order valence-electron chi connectivity index (χ1n) is 11.3. The number of rotatable bonds is 12. The normalized spacial score (nSPS) is 15.9. The molecule has 164 valence electrons. The molecule has 1 saturated carbocycles. The van der Waals surface area contributed by atoms with Gasteiger partial charge in [0, 0.05) is 26.1 Å². The summed E-state index contributed by atoms with van der Waals surface area (Å²) in [7, 11) is 3.40. The minimum atomic E-state index is 0.107. The summed E-state index contributed by atoms with van der Waals surface area (Å²) in [5, 5.41) is 6.43. The Bertz CT molecular complexity index is 610. The van der Waals surface area contributed by atoms with Crippen LogP contribution in [-0.4, -0.2) is 32.7 Å². The second-order valence-corrected chi connectivity index (χ2v) is 8.24. The monoisotopic (exact) mass is 404 g/mol. The van der Waals surface area contributed by atoms with E-state index in [4.69, 9.17) is 9.47 Å². The molecule has 1 atom stereocenters. The Balaban J connectivity index is 1.99. The Morgan fingerprint density at radius 1 is 1.14 bits per heavy atom. The fourth-order valence-corrected chi connectivity index (χ4v) is 4.17. The zero-order valence-corrected chi connectivity index (χ0v) is 18.8. The number of hydrogen-bond acceptors (Lipinski definition) is 4. The number of carbonyl (C=O) groups is 1. The van der Waals surface area contributed by atoms with Crippen molar-refractivity contribution in [3.63, 3.8) is 0 Å². The molecule has 5 nitrogen and oxygen atoms in total. The molecule has 0 radical (unpaired) electrons. The van der Waals surface area contributed by atoms with Crippen molar-refractivity contribution in [1.29, 1.82) is 0 Å². The third kappa shape index (κ3) is 7.54. The molecule has 0 spiro atoms. The van der Waals surface area contributed by atoms with Crippen LogP contribution in [0.15, 0.2) is 18.2 Å². The number of benzene rings is 1. The summed E-state index contributed by atoms with van der Waals surface area (Å²) in [6, 6.07) is 6.36. The lowest BCUT2D eigenvalue weighted by Crippen LogP contribution is -2.40. The molecule has 5 heteroatoms. The first-order chi connectivity index (χ1) is 14.1. The van der Waals surface area contributed by atoms with Gasteiger partial charge in [0.2, 0.25) is 5.91 Å². The molecule has 2 rings (SSSR count). The third-order valence-electron chi connectivity index (χ3n) is 6.33. The first kappa shape index (κ1) is 23.5. The molecule has 0 heterocycles. The zero-order chi connectivity index (χ0) is 21.1. The molecule has 1 aromatic rings. The maximum atomic E-state index is 12.0. The topological polar surface area (TPSA) is 59.6 Å². The van der Waals surface area contributed by atoms with Gasteiger partial charge < -0.3 is 20.1 Å². The van der Waals surface area contributed by atoms with Crippen LogP contribution >= 0.6 is 0 Å². The highest BCUT2D eigenvalue weighted by Gasteiger charge is 2.25. The molecule has 0 saturated heterocycles. The van der Waals surface area contributed by atoms with Crippen LogP contribution in [0.4, 0.5) is 0 Å². The molecule has 29 heavy (non-hydrogen) atoms. The molecule has 1 aliphatic carbocycles. The Hall–Kier alpha value is -1.75. The predicted molar refractivity (Wildman–Crippen MR) is 118 cm³/mol. The fraction of sp³-hybridized carbons (Fsp3) is 0.708. The number of amides is 1. The van der Waals surface area contributed by atoms with Crippen LogP contribution in [0.25, 0.3) is 0 Å². The van der Waals surface area contributed by atoms with E-state index in [0.29, 0.717) is 18.3 Å². The van der Waals surface area contributed by atoms with E-state index in [1.54, 1.807) is 14.2 Å². The Morgan fingerprint density at radius 3 is 2.48 bits per heavy atom. The lowest BCUT2D eigenvalue weighted by molar-refractivity contribution is -0.121. The summed E-state index contributed by atoms with van der Waals surface area (Å²) in [6.07, 6.45) is 9.05. The lowest BCUT2D eigenvalue weighted by Gasteiger charge is -2.31. The Morgan fingerprint density at radius 2 is 1.86 bits per heavy atom. The van der Waals surface area contributed by atoms with E-state index in [2.05, 4.69) is 30.5 Å². The van der Waals surface area contributed by atoms with E-state index in [0.717, 1.165) is 43.1 Å². The van der Waals surface area contributed by atoms with Crippen LogP contribution in [0.5, 0.6) is 11.5 Å². The lowest BCUT2D eigenvalue weighted by atomic mass is 9.82. The molecule has 0 aliphatic heterocycles. The molecule has 1 amide bonds. The van der Waals surface area contributed by atoms with Crippen molar-refractivity contribution in [3.05, 3.63) is 23.8 Å². The van der Waals surface area contributed by atoms with Crippen molar-refractivity contribution in [2.75, 3.05) is 20.8 Å². The van der Waals surface area contributed by atoms with E-state index in [-0.39, 0.29) is 11.9 Å². The molecule has 1 fully saturated rings. The molecule has 1 aromatic carbocycles. The quantitative estimate of drug-likeness (QED) is 0.531. The van der Waals surface area contributed by atoms with Crippen LogP contribution < -0.4 is 20.1 Å². The van der Waals surface area contributed by atoms with Gasteiger partial charge in [0.05, 0.1) is 13.7 Å². The van der Waals surface area contributed by atoms with Gasteiger partial charge in [-0.15, -0.1) is 0 Å². The second kappa shape index (κ2) is 12.7. The average molecular weight is 405 g/mol. The van der Waals surface area contributed by atoms with Crippen LogP contribution in [-0.2, 0) is 11.3 Å². The minimum absolute atomic E-state index is 0.107. The summed E-state index contributed by atoms with van der Waals surface area (Å²) in [4.78, 5) is 12.0. The Labute approximate surface area is 176 Å². The molecule has 0 unspecified atom stereocenters. The van der Waals surface area contributed by atoms with Crippen molar-refractivity contribution < 1.29 is 14.3 Å². The molecular weight excluding hydrogens is 364 g/mol. The maximum absolute atomic E-state index is 12.0. The van der Waals surface area contributed by atoms with Gasteiger partial charge in [0.25, 0.3) is 0 Å². The highest BCUT2D eigenvalue weighted by molar-refractivity contribution is 5.76. The maximum Gasteiger partial charge on any atom is 0.221 e. The number of ether oxygens (including phenoxy) is 2. The smallest absolute Gasteiger partial charge is 0.221 e. The van der Waals surface area contributed by atoms with E-state index in [1.165, 1.54) is 32.1 Å². The van der Waals surface area contributed by atoms with Crippen molar-refractivity contribution in [1.82, 2.24) is 10.6 Å². The summed E-state index contributed by atoms with van der Waals surface area (Å²) >= 11 is 0. The number of nitrogens with one attached hydrogen (secondary N) is 2. The van der Waals surface area contributed by atoms with Crippen molar-refractivity contribution in [2.45, 2.75) is 77.8 Å². The minimum Gasteiger partial charge on any atom is -0.493 e. The molecular formula is C24H40N2O3. The van der Waals surface area contributed by atoms with Gasteiger partial charge in [-0.2, -0.15) is 0 Å². The van der Waals surface area contributed by atoms with Gasteiger partial charge in [-0.05, 0) is 42.4 Å². The van der Waals surface area contributed by atoms with Crippen LogP contribution in [0.1, 0.15) is 70.8 Å². The molecule has 0 aromatic heterocycles. The summed E-state index contributed by atoms with van der Waals surface area (Å²) in [6.45, 7) is 5.84. The predicted octanol–water partition coefficient (Wildman–Crippen LogP) is 4.68. The highest BCUT2D eigenvalue weighted by atomic mass is 16.5. The van der Waals surface area contributed by atoms with Crippen molar-refractivity contribution >= 4 is 5.91 Å². The SMILES string of the molecule is CCC(CC)COc1ccc(CN[C@@H](CC(=O)NC)C2CCCCC2)cc1OC. The highest BCUT2D eigenvalue weighted by Crippen LogP contribution is 2.30. The summed E-state index contributed by atoms with van der Waals surface area (Å²) < 4.78 is 11.6.